The summed E-state index contributed by atoms with van der Waals surface area (Å²) in [6.07, 6.45) is 3.79. The van der Waals surface area contributed by atoms with Crippen LogP contribution in [0.2, 0.25) is 0 Å². The molecule has 2 aromatic rings. The fourth-order valence-corrected chi connectivity index (χ4v) is 2.82. The van der Waals surface area contributed by atoms with Gasteiger partial charge in [0.25, 0.3) is 5.91 Å². The van der Waals surface area contributed by atoms with Crippen molar-refractivity contribution in [2.24, 2.45) is 0 Å². The van der Waals surface area contributed by atoms with Crippen LogP contribution in [0.25, 0.3) is 0 Å². The summed E-state index contributed by atoms with van der Waals surface area (Å²) in [7, 11) is 1.67. The predicted molar refractivity (Wildman–Crippen MR) is 85.5 cm³/mol. The quantitative estimate of drug-likeness (QED) is 0.917. The first-order valence-electron chi connectivity index (χ1n) is 7.64. The Bertz CT molecular complexity index is 671. The number of ether oxygens (including phenoxy) is 2. The van der Waals surface area contributed by atoms with Crippen LogP contribution in [-0.4, -0.2) is 53.2 Å². The number of aryl methyl sites for hydroxylation is 1. The van der Waals surface area contributed by atoms with Gasteiger partial charge >= 0.3 is 0 Å². The third kappa shape index (κ3) is 3.37. The molecule has 0 radical (unpaired) electrons. The molecule has 1 N–H and O–H groups in total. The van der Waals surface area contributed by atoms with Gasteiger partial charge in [0.05, 0.1) is 19.1 Å². The van der Waals surface area contributed by atoms with Crippen LogP contribution in [0.4, 0.5) is 0 Å². The van der Waals surface area contributed by atoms with Gasteiger partial charge in [0.1, 0.15) is 23.7 Å². The lowest BCUT2D eigenvalue weighted by Crippen LogP contribution is -2.42. The summed E-state index contributed by atoms with van der Waals surface area (Å²) in [5.74, 6) is 0.761. The molecular weight excluding hydrogens is 294 g/mol. The van der Waals surface area contributed by atoms with Crippen LogP contribution in [0.15, 0.2) is 36.8 Å². The number of H-pyrrole nitrogens is 1. The molecule has 0 bridgehead atoms. The molecule has 1 atom stereocenters. The summed E-state index contributed by atoms with van der Waals surface area (Å²) < 4.78 is 11.6. The lowest BCUT2D eigenvalue weighted by atomic mass is 10.0. The number of hydrogen-bond donors (Lipinski definition) is 1. The molecule has 122 valence electrons. The van der Waals surface area contributed by atoms with Gasteiger partial charge in [-0.3, -0.25) is 4.79 Å². The van der Waals surface area contributed by atoms with Gasteiger partial charge in [0.2, 0.25) is 0 Å². The molecule has 1 fully saturated rings. The number of benzene rings is 1. The van der Waals surface area contributed by atoms with Crippen molar-refractivity contribution in [3.8, 4) is 5.75 Å². The molecule has 0 aliphatic carbocycles. The van der Waals surface area contributed by atoms with E-state index in [0.717, 1.165) is 17.7 Å². The molecule has 1 aliphatic heterocycles. The van der Waals surface area contributed by atoms with E-state index in [9.17, 15) is 4.79 Å². The largest absolute Gasteiger partial charge is 0.491 e. The summed E-state index contributed by atoms with van der Waals surface area (Å²) in [6.45, 7) is 3.59. The standard InChI is InChI=1S/C17H21N3O3/c1-13-4-3-5-14(8-13)23-11-17(22-2)6-7-20(10-17)16(21)15-9-18-12-19-15/h3-5,8-9,12H,6-7,10-11H2,1-2H3,(H,18,19)/t17-/m0/s1. The van der Waals surface area contributed by atoms with Crippen LogP contribution in [0.1, 0.15) is 22.5 Å². The number of nitrogens with zero attached hydrogens (tertiary/aromatic N) is 2. The number of nitrogens with one attached hydrogen (secondary N) is 1. The summed E-state index contributed by atoms with van der Waals surface area (Å²) in [5.41, 5.74) is 1.17. The van der Waals surface area contributed by atoms with Crippen molar-refractivity contribution in [2.45, 2.75) is 18.9 Å². The van der Waals surface area contributed by atoms with Crippen molar-refractivity contribution in [3.63, 3.8) is 0 Å². The summed E-state index contributed by atoms with van der Waals surface area (Å²) in [4.78, 5) is 20.9. The van der Waals surface area contributed by atoms with Crippen molar-refractivity contribution < 1.29 is 14.3 Å². The van der Waals surface area contributed by atoms with Crippen molar-refractivity contribution in [1.82, 2.24) is 14.9 Å². The molecule has 6 nitrogen and oxygen atoms in total. The molecule has 23 heavy (non-hydrogen) atoms. The Balaban J connectivity index is 1.64. The Kier molecular flexibility index (Phi) is 4.34. The first-order chi connectivity index (χ1) is 11.1. The van der Waals surface area contributed by atoms with Gasteiger partial charge in [-0.2, -0.15) is 0 Å². The minimum Gasteiger partial charge on any atom is -0.491 e. The highest BCUT2D eigenvalue weighted by atomic mass is 16.5. The van der Waals surface area contributed by atoms with E-state index in [2.05, 4.69) is 9.97 Å². The summed E-state index contributed by atoms with van der Waals surface area (Å²) >= 11 is 0. The first-order valence-corrected chi connectivity index (χ1v) is 7.64. The second-order valence-electron chi connectivity index (χ2n) is 5.93. The fourth-order valence-electron chi connectivity index (χ4n) is 2.82. The Morgan fingerprint density at radius 1 is 1.48 bits per heavy atom. The first kappa shape index (κ1) is 15.6. The highest BCUT2D eigenvalue weighted by Gasteiger charge is 2.41. The number of imidazole rings is 1. The smallest absolute Gasteiger partial charge is 0.272 e. The minimum atomic E-state index is -0.473. The Morgan fingerprint density at radius 2 is 2.35 bits per heavy atom. The van der Waals surface area contributed by atoms with Crippen molar-refractivity contribution >= 4 is 5.91 Å². The normalized spacial score (nSPS) is 20.7. The van der Waals surface area contributed by atoms with E-state index < -0.39 is 5.60 Å². The van der Waals surface area contributed by atoms with Crippen LogP contribution in [0.3, 0.4) is 0 Å². The van der Waals surface area contributed by atoms with Gasteiger partial charge in [-0.05, 0) is 31.0 Å². The lowest BCUT2D eigenvalue weighted by molar-refractivity contribution is -0.0343. The van der Waals surface area contributed by atoms with Crippen LogP contribution >= 0.6 is 0 Å². The van der Waals surface area contributed by atoms with E-state index in [4.69, 9.17) is 9.47 Å². The van der Waals surface area contributed by atoms with Crippen molar-refractivity contribution in [1.29, 1.82) is 0 Å². The van der Waals surface area contributed by atoms with E-state index in [1.807, 2.05) is 31.2 Å². The number of hydrogen-bond acceptors (Lipinski definition) is 4. The Morgan fingerprint density at radius 3 is 3.04 bits per heavy atom. The molecule has 0 unspecified atom stereocenters. The average Bonchev–Trinajstić information content (AvgIpc) is 3.23. The van der Waals surface area contributed by atoms with Gasteiger partial charge in [-0.1, -0.05) is 12.1 Å². The van der Waals surface area contributed by atoms with Crippen molar-refractivity contribution in [2.75, 3.05) is 26.8 Å². The number of methoxy groups -OCH3 is 1. The zero-order valence-electron chi connectivity index (χ0n) is 13.4. The van der Waals surface area contributed by atoms with E-state index in [-0.39, 0.29) is 5.91 Å². The van der Waals surface area contributed by atoms with E-state index in [1.165, 1.54) is 6.33 Å². The zero-order chi connectivity index (χ0) is 16.3. The van der Waals surface area contributed by atoms with E-state index >= 15 is 0 Å². The molecule has 1 aromatic heterocycles. The molecule has 2 heterocycles. The number of likely N-dealkylation sites (tertiary alicyclic amines) is 1. The Hall–Kier alpha value is -2.34. The number of rotatable bonds is 5. The number of aromatic nitrogens is 2. The predicted octanol–water partition coefficient (Wildman–Crippen LogP) is 2.03. The SMILES string of the molecule is CO[C@@]1(COc2cccc(C)c2)CCN(C(=O)c2cnc[nH]2)C1. The molecule has 3 rings (SSSR count). The molecule has 1 aromatic carbocycles. The summed E-state index contributed by atoms with van der Waals surface area (Å²) in [5, 5.41) is 0. The maximum Gasteiger partial charge on any atom is 0.272 e. The number of carbonyl (C=O) groups excluding carboxylic acids is 1. The highest BCUT2D eigenvalue weighted by molar-refractivity contribution is 5.92. The van der Waals surface area contributed by atoms with Gasteiger partial charge in [0.15, 0.2) is 0 Å². The maximum absolute atomic E-state index is 12.4. The minimum absolute atomic E-state index is 0.0584. The van der Waals surface area contributed by atoms with Gasteiger partial charge in [0, 0.05) is 13.7 Å². The number of aromatic amines is 1. The van der Waals surface area contributed by atoms with Crippen LogP contribution < -0.4 is 4.74 Å². The maximum atomic E-state index is 12.4. The van der Waals surface area contributed by atoms with Gasteiger partial charge in [-0.15, -0.1) is 0 Å². The fraction of sp³-hybridized carbons (Fsp3) is 0.412. The molecule has 0 saturated carbocycles. The van der Waals surface area contributed by atoms with E-state index in [0.29, 0.717) is 25.4 Å². The number of amides is 1. The monoisotopic (exact) mass is 315 g/mol. The van der Waals surface area contributed by atoms with Gasteiger partial charge in [-0.25, -0.2) is 4.98 Å². The zero-order valence-corrected chi connectivity index (χ0v) is 13.4. The van der Waals surface area contributed by atoms with Crippen LogP contribution in [0, 0.1) is 6.92 Å². The van der Waals surface area contributed by atoms with Gasteiger partial charge < -0.3 is 19.4 Å². The second kappa shape index (κ2) is 6.42. The average molecular weight is 315 g/mol. The molecule has 6 heteroatoms. The topological polar surface area (TPSA) is 67.5 Å². The molecule has 0 spiro atoms. The second-order valence-corrected chi connectivity index (χ2v) is 5.93. The molecule has 1 aliphatic rings. The lowest BCUT2D eigenvalue weighted by Gasteiger charge is -2.27. The third-order valence-corrected chi connectivity index (χ3v) is 4.26. The Labute approximate surface area is 135 Å². The highest BCUT2D eigenvalue weighted by Crippen LogP contribution is 2.27. The molecular formula is C17H21N3O3. The summed E-state index contributed by atoms with van der Waals surface area (Å²) in [6, 6.07) is 7.91. The number of carbonyl (C=O) groups is 1. The van der Waals surface area contributed by atoms with E-state index in [1.54, 1.807) is 18.2 Å². The third-order valence-electron chi connectivity index (χ3n) is 4.26. The van der Waals surface area contributed by atoms with Crippen LogP contribution in [-0.2, 0) is 4.74 Å². The van der Waals surface area contributed by atoms with Crippen molar-refractivity contribution in [3.05, 3.63) is 48.0 Å². The molecule has 1 amide bonds. The van der Waals surface area contributed by atoms with Crippen LogP contribution in [0.5, 0.6) is 5.75 Å². The molecule has 1 saturated heterocycles.